The van der Waals surface area contributed by atoms with Crippen LogP contribution in [0.5, 0.6) is 0 Å². The molecule has 1 aliphatic heterocycles. The van der Waals surface area contributed by atoms with Crippen LogP contribution in [0.15, 0.2) is 54.6 Å². The van der Waals surface area contributed by atoms with Crippen LogP contribution in [0.2, 0.25) is 0 Å². The van der Waals surface area contributed by atoms with Crippen LogP contribution in [0.25, 0.3) is 11.1 Å². The molecule has 1 amide bonds. The van der Waals surface area contributed by atoms with Crippen LogP contribution in [-0.4, -0.2) is 30.4 Å². The highest BCUT2D eigenvalue weighted by molar-refractivity contribution is 5.96. The van der Waals surface area contributed by atoms with E-state index in [4.69, 9.17) is 0 Å². The average molecular weight is 348 g/mol. The third-order valence-electron chi connectivity index (χ3n) is 6.03. The zero-order chi connectivity index (χ0) is 17.8. The fraction of sp³-hybridized carbons (Fsp3) is 0.435. The maximum absolute atomic E-state index is 12.7. The molecule has 1 saturated heterocycles. The molecule has 0 spiro atoms. The number of fused-ring (bicyclic) bond motifs is 1. The molecule has 1 aliphatic carbocycles. The van der Waals surface area contributed by atoms with Crippen LogP contribution in [-0.2, 0) is 4.79 Å². The largest absolute Gasteiger partial charge is 0.324 e. The predicted octanol–water partition coefficient (Wildman–Crippen LogP) is 4.80. The standard InChI is InChI=1S/C23H28N2O/c26-23(17-25-15-14-18-8-4-5-11-20(18)16-25)24-22-13-7-6-12-21(22)19-9-2-1-3-10-19/h1-3,6-7,9-10,12-13,18,20H,4-5,8,11,14-17H2,(H,24,26)/t18-,20-/m1/s1. The fourth-order valence-corrected chi connectivity index (χ4v) is 4.67. The van der Waals surface area contributed by atoms with E-state index < -0.39 is 0 Å². The van der Waals surface area contributed by atoms with Gasteiger partial charge < -0.3 is 5.32 Å². The lowest BCUT2D eigenvalue weighted by atomic mass is 9.75. The van der Waals surface area contributed by atoms with Crippen LogP contribution < -0.4 is 5.32 Å². The van der Waals surface area contributed by atoms with Crippen molar-refractivity contribution in [1.29, 1.82) is 0 Å². The summed E-state index contributed by atoms with van der Waals surface area (Å²) in [6, 6.07) is 18.3. The van der Waals surface area contributed by atoms with Crippen molar-refractivity contribution in [3.8, 4) is 11.1 Å². The lowest BCUT2D eigenvalue weighted by molar-refractivity contribution is -0.118. The van der Waals surface area contributed by atoms with Gasteiger partial charge in [-0.1, -0.05) is 67.8 Å². The van der Waals surface area contributed by atoms with Gasteiger partial charge in [0.15, 0.2) is 0 Å². The van der Waals surface area contributed by atoms with Gasteiger partial charge in [-0.15, -0.1) is 0 Å². The number of carbonyl (C=O) groups is 1. The van der Waals surface area contributed by atoms with Crippen molar-refractivity contribution in [3.63, 3.8) is 0 Å². The average Bonchev–Trinajstić information content (AvgIpc) is 2.69. The first kappa shape index (κ1) is 17.3. The van der Waals surface area contributed by atoms with E-state index in [0.717, 1.165) is 41.7 Å². The number of carbonyl (C=O) groups excluding carboxylic acids is 1. The second kappa shape index (κ2) is 8.05. The fourth-order valence-electron chi connectivity index (χ4n) is 4.67. The zero-order valence-corrected chi connectivity index (χ0v) is 15.4. The molecule has 0 radical (unpaired) electrons. The number of hydrogen-bond acceptors (Lipinski definition) is 2. The highest BCUT2D eigenvalue weighted by Crippen LogP contribution is 2.36. The topological polar surface area (TPSA) is 32.3 Å². The summed E-state index contributed by atoms with van der Waals surface area (Å²) in [6.45, 7) is 2.67. The maximum atomic E-state index is 12.7. The lowest BCUT2D eigenvalue weighted by Gasteiger charge is -2.41. The molecule has 0 unspecified atom stereocenters. The van der Waals surface area contributed by atoms with Crippen LogP contribution in [0.3, 0.4) is 0 Å². The number of nitrogens with one attached hydrogen (secondary N) is 1. The Balaban J connectivity index is 1.40. The Morgan fingerprint density at radius 3 is 2.50 bits per heavy atom. The highest BCUT2D eigenvalue weighted by Gasteiger charge is 2.31. The molecule has 2 aromatic carbocycles. The van der Waals surface area contributed by atoms with E-state index in [1.807, 2.05) is 36.4 Å². The maximum Gasteiger partial charge on any atom is 0.238 e. The minimum absolute atomic E-state index is 0.0997. The number of likely N-dealkylation sites (tertiary alicyclic amines) is 1. The number of anilines is 1. The monoisotopic (exact) mass is 348 g/mol. The van der Waals surface area contributed by atoms with E-state index >= 15 is 0 Å². The number of rotatable bonds is 4. The smallest absolute Gasteiger partial charge is 0.238 e. The van der Waals surface area contributed by atoms with E-state index in [-0.39, 0.29) is 5.91 Å². The molecular weight excluding hydrogens is 320 g/mol. The van der Waals surface area contributed by atoms with Crippen molar-refractivity contribution < 1.29 is 4.79 Å². The number of amides is 1. The van der Waals surface area contributed by atoms with Gasteiger partial charge in [0.1, 0.15) is 0 Å². The molecule has 1 saturated carbocycles. The molecule has 3 heteroatoms. The summed E-state index contributed by atoms with van der Waals surface area (Å²) in [5, 5.41) is 3.15. The molecule has 136 valence electrons. The SMILES string of the molecule is O=C(CN1CC[C@H]2CCCC[C@@H]2C1)Nc1ccccc1-c1ccccc1. The first-order chi connectivity index (χ1) is 12.8. The van der Waals surface area contributed by atoms with Crippen molar-refractivity contribution in [1.82, 2.24) is 4.90 Å². The summed E-state index contributed by atoms with van der Waals surface area (Å²) in [6.07, 6.45) is 6.77. The number of hydrogen-bond donors (Lipinski definition) is 1. The number of benzene rings is 2. The first-order valence-corrected chi connectivity index (χ1v) is 9.96. The van der Waals surface area contributed by atoms with E-state index in [2.05, 4.69) is 28.4 Å². The summed E-state index contributed by atoms with van der Waals surface area (Å²) in [4.78, 5) is 15.0. The summed E-state index contributed by atoms with van der Waals surface area (Å²) in [7, 11) is 0. The molecular formula is C23H28N2O. The van der Waals surface area contributed by atoms with Crippen molar-refractivity contribution in [2.75, 3.05) is 25.0 Å². The van der Waals surface area contributed by atoms with Gasteiger partial charge in [-0.2, -0.15) is 0 Å². The van der Waals surface area contributed by atoms with Gasteiger partial charge in [0, 0.05) is 17.8 Å². The van der Waals surface area contributed by atoms with E-state index in [1.54, 1.807) is 0 Å². The molecule has 0 bridgehead atoms. The molecule has 1 N–H and O–H groups in total. The van der Waals surface area contributed by atoms with Gasteiger partial charge in [-0.3, -0.25) is 9.69 Å². The van der Waals surface area contributed by atoms with Gasteiger partial charge >= 0.3 is 0 Å². The molecule has 2 fully saturated rings. The Kier molecular flexibility index (Phi) is 5.35. The van der Waals surface area contributed by atoms with Crippen LogP contribution in [0.4, 0.5) is 5.69 Å². The van der Waals surface area contributed by atoms with E-state index in [1.165, 1.54) is 32.1 Å². The molecule has 26 heavy (non-hydrogen) atoms. The summed E-state index contributed by atoms with van der Waals surface area (Å²) in [5.74, 6) is 1.81. The van der Waals surface area contributed by atoms with Crippen molar-refractivity contribution in [2.45, 2.75) is 32.1 Å². The molecule has 2 aromatic rings. The second-order valence-electron chi connectivity index (χ2n) is 7.79. The molecule has 2 aliphatic rings. The van der Waals surface area contributed by atoms with Crippen molar-refractivity contribution in [2.24, 2.45) is 11.8 Å². The zero-order valence-electron chi connectivity index (χ0n) is 15.4. The lowest BCUT2D eigenvalue weighted by Crippen LogP contribution is -2.44. The first-order valence-electron chi connectivity index (χ1n) is 9.96. The summed E-state index contributed by atoms with van der Waals surface area (Å²) in [5.41, 5.74) is 3.11. The van der Waals surface area contributed by atoms with Crippen molar-refractivity contribution >= 4 is 11.6 Å². The van der Waals surface area contributed by atoms with Gasteiger partial charge in [0.25, 0.3) is 0 Å². The van der Waals surface area contributed by atoms with Gasteiger partial charge in [0.2, 0.25) is 5.91 Å². The molecule has 1 heterocycles. The van der Waals surface area contributed by atoms with E-state index in [9.17, 15) is 4.79 Å². The Labute approximate surface area is 156 Å². The quantitative estimate of drug-likeness (QED) is 0.860. The normalized spacial score (nSPS) is 23.2. The predicted molar refractivity (Wildman–Crippen MR) is 107 cm³/mol. The van der Waals surface area contributed by atoms with Crippen LogP contribution >= 0.6 is 0 Å². The van der Waals surface area contributed by atoms with Crippen molar-refractivity contribution in [3.05, 3.63) is 54.6 Å². The Bertz CT molecular complexity index is 743. The van der Waals surface area contributed by atoms with Crippen LogP contribution in [0, 0.1) is 11.8 Å². The number of piperidine rings is 1. The molecule has 2 atom stereocenters. The third kappa shape index (κ3) is 3.99. The van der Waals surface area contributed by atoms with Gasteiger partial charge in [-0.05, 0) is 42.9 Å². The molecule has 3 nitrogen and oxygen atoms in total. The Morgan fingerprint density at radius 2 is 1.65 bits per heavy atom. The minimum Gasteiger partial charge on any atom is -0.324 e. The highest BCUT2D eigenvalue weighted by atomic mass is 16.2. The second-order valence-corrected chi connectivity index (χ2v) is 7.79. The third-order valence-corrected chi connectivity index (χ3v) is 6.03. The summed E-state index contributed by atoms with van der Waals surface area (Å²) < 4.78 is 0. The van der Waals surface area contributed by atoms with E-state index in [0.29, 0.717) is 6.54 Å². The number of para-hydroxylation sites is 1. The molecule has 4 rings (SSSR count). The Morgan fingerprint density at radius 1 is 0.923 bits per heavy atom. The molecule has 0 aromatic heterocycles. The summed E-state index contributed by atoms with van der Waals surface area (Å²) >= 11 is 0. The van der Waals surface area contributed by atoms with Crippen LogP contribution in [0.1, 0.15) is 32.1 Å². The minimum atomic E-state index is 0.0997. The van der Waals surface area contributed by atoms with Gasteiger partial charge in [0.05, 0.1) is 6.54 Å². The van der Waals surface area contributed by atoms with Gasteiger partial charge in [-0.25, -0.2) is 0 Å². The Hall–Kier alpha value is -2.13. The number of nitrogens with zero attached hydrogens (tertiary/aromatic N) is 1.